The minimum atomic E-state index is 0.609. The molecular formula is C12H23N3O. The molecule has 0 aliphatic rings. The van der Waals surface area contributed by atoms with Crippen molar-refractivity contribution in [3.63, 3.8) is 0 Å². The summed E-state index contributed by atoms with van der Waals surface area (Å²) in [6.07, 6.45) is 5.68. The van der Waals surface area contributed by atoms with Crippen LogP contribution in [0.1, 0.15) is 45.4 Å². The molecule has 0 amide bonds. The van der Waals surface area contributed by atoms with E-state index in [-0.39, 0.29) is 0 Å². The quantitative estimate of drug-likeness (QED) is 0.276. The summed E-state index contributed by atoms with van der Waals surface area (Å²) >= 11 is 0. The molecule has 0 aliphatic carbocycles. The molecule has 4 nitrogen and oxygen atoms in total. The van der Waals surface area contributed by atoms with E-state index in [2.05, 4.69) is 18.0 Å². The van der Waals surface area contributed by atoms with Gasteiger partial charge in [0.1, 0.15) is 5.84 Å². The van der Waals surface area contributed by atoms with Crippen LogP contribution in [0.4, 0.5) is 0 Å². The van der Waals surface area contributed by atoms with Gasteiger partial charge in [0.2, 0.25) is 0 Å². The van der Waals surface area contributed by atoms with E-state index in [1.165, 1.54) is 0 Å². The lowest BCUT2D eigenvalue weighted by atomic mass is 10.2. The lowest BCUT2D eigenvalue weighted by Gasteiger charge is -2.20. The molecule has 0 fully saturated rings. The molecule has 0 bridgehead atoms. The van der Waals surface area contributed by atoms with Crippen LogP contribution < -0.4 is 0 Å². The SMILES string of the molecule is CCCCC(=NC)N(C)OCCCCC#N. The van der Waals surface area contributed by atoms with Gasteiger partial charge in [-0.05, 0) is 19.3 Å². The molecule has 16 heavy (non-hydrogen) atoms. The number of nitriles is 1. The zero-order chi connectivity index (χ0) is 12.2. The van der Waals surface area contributed by atoms with Gasteiger partial charge in [0.05, 0.1) is 12.7 Å². The van der Waals surface area contributed by atoms with Crippen LogP contribution in [0, 0.1) is 11.3 Å². The summed E-state index contributed by atoms with van der Waals surface area (Å²) in [4.78, 5) is 9.74. The van der Waals surface area contributed by atoms with E-state index >= 15 is 0 Å². The number of aliphatic imine (C=N–C) groups is 1. The van der Waals surface area contributed by atoms with Crippen molar-refractivity contribution in [1.82, 2.24) is 5.06 Å². The average Bonchev–Trinajstić information content (AvgIpc) is 2.30. The minimum Gasteiger partial charge on any atom is -0.274 e. The number of rotatable bonds is 8. The molecule has 0 spiro atoms. The fourth-order valence-corrected chi connectivity index (χ4v) is 1.33. The van der Waals surface area contributed by atoms with Gasteiger partial charge in [-0.1, -0.05) is 13.3 Å². The summed E-state index contributed by atoms with van der Waals surface area (Å²) in [5.41, 5.74) is 0. The molecule has 0 rings (SSSR count). The number of amidine groups is 1. The number of nitrogens with zero attached hydrogens (tertiary/aromatic N) is 3. The first kappa shape index (κ1) is 14.9. The largest absolute Gasteiger partial charge is 0.274 e. The fraction of sp³-hybridized carbons (Fsp3) is 0.833. The molecule has 0 aromatic heterocycles. The van der Waals surface area contributed by atoms with Crippen LogP contribution in [-0.4, -0.2) is 31.6 Å². The van der Waals surface area contributed by atoms with Crippen molar-refractivity contribution >= 4 is 5.84 Å². The Kier molecular flexibility index (Phi) is 9.73. The zero-order valence-electron chi connectivity index (χ0n) is 10.7. The topological polar surface area (TPSA) is 48.6 Å². The Morgan fingerprint density at radius 3 is 2.69 bits per heavy atom. The average molecular weight is 225 g/mol. The summed E-state index contributed by atoms with van der Waals surface area (Å²) in [5.74, 6) is 0.988. The van der Waals surface area contributed by atoms with Crippen molar-refractivity contribution < 1.29 is 4.84 Å². The first-order chi connectivity index (χ1) is 7.76. The van der Waals surface area contributed by atoms with Gasteiger partial charge in [-0.25, -0.2) is 5.06 Å². The number of hydrogen-bond acceptors (Lipinski definition) is 3. The molecule has 0 N–H and O–H groups in total. The molecule has 0 radical (unpaired) electrons. The highest BCUT2D eigenvalue weighted by molar-refractivity contribution is 5.80. The van der Waals surface area contributed by atoms with Crippen LogP contribution in [0.5, 0.6) is 0 Å². The molecule has 0 saturated carbocycles. The van der Waals surface area contributed by atoms with Crippen molar-refractivity contribution in [3.05, 3.63) is 0 Å². The molecule has 0 atom stereocenters. The van der Waals surface area contributed by atoms with Crippen LogP contribution in [-0.2, 0) is 4.84 Å². The third-order valence-corrected chi connectivity index (χ3v) is 2.34. The van der Waals surface area contributed by atoms with Gasteiger partial charge in [-0.2, -0.15) is 5.26 Å². The summed E-state index contributed by atoms with van der Waals surface area (Å²) in [5, 5.41) is 10.1. The van der Waals surface area contributed by atoms with E-state index in [1.54, 1.807) is 12.1 Å². The van der Waals surface area contributed by atoms with Crippen molar-refractivity contribution in [1.29, 1.82) is 5.26 Å². The summed E-state index contributed by atoms with van der Waals surface area (Å²) < 4.78 is 0. The highest BCUT2D eigenvalue weighted by Crippen LogP contribution is 2.03. The number of hydrogen-bond donors (Lipinski definition) is 0. The maximum absolute atomic E-state index is 8.38. The lowest BCUT2D eigenvalue weighted by molar-refractivity contribution is -0.0824. The van der Waals surface area contributed by atoms with Gasteiger partial charge in [-0.3, -0.25) is 9.83 Å². The molecule has 0 heterocycles. The maximum atomic E-state index is 8.38. The molecular weight excluding hydrogens is 202 g/mol. The number of unbranched alkanes of at least 4 members (excludes halogenated alkanes) is 3. The highest BCUT2D eigenvalue weighted by Gasteiger charge is 2.05. The van der Waals surface area contributed by atoms with Gasteiger partial charge in [0, 0.05) is 26.9 Å². The van der Waals surface area contributed by atoms with E-state index in [4.69, 9.17) is 10.1 Å². The first-order valence-electron chi connectivity index (χ1n) is 5.95. The van der Waals surface area contributed by atoms with E-state index < -0.39 is 0 Å². The Bertz CT molecular complexity index is 233. The third kappa shape index (κ3) is 7.24. The lowest BCUT2D eigenvalue weighted by Crippen LogP contribution is -2.27. The Balaban J connectivity index is 3.68. The molecule has 0 aliphatic heterocycles. The molecule has 4 heteroatoms. The zero-order valence-corrected chi connectivity index (χ0v) is 10.7. The smallest absolute Gasteiger partial charge is 0.123 e. The van der Waals surface area contributed by atoms with Gasteiger partial charge >= 0.3 is 0 Å². The standard InChI is InChI=1S/C12H23N3O/c1-4-5-9-12(14-2)15(3)16-11-8-6-7-10-13/h4-9,11H2,1-3H3. The van der Waals surface area contributed by atoms with Gasteiger partial charge < -0.3 is 0 Å². The third-order valence-electron chi connectivity index (χ3n) is 2.34. The fourth-order valence-electron chi connectivity index (χ4n) is 1.33. The van der Waals surface area contributed by atoms with E-state index in [0.717, 1.165) is 37.9 Å². The van der Waals surface area contributed by atoms with Gasteiger partial charge in [-0.15, -0.1) is 0 Å². The first-order valence-corrected chi connectivity index (χ1v) is 5.95. The van der Waals surface area contributed by atoms with Crippen LogP contribution >= 0.6 is 0 Å². The normalized spacial score (nSPS) is 11.2. The summed E-state index contributed by atoms with van der Waals surface area (Å²) in [7, 11) is 3.68. The summed E-state index contributed by atoms with van der Waals surface area (Å²) in [6, 6.07) is 2.12. The Morgan fingerprint density at radius 1 is 1.38 bits per heavy atom. The molecule has 0 aromatic carbocycles. The highest BCUT2D eigenvalue weighted by atomic mass is 16.7. The predicted molar refractivity (Wildman–Crippen MR) is 66.1 cm³/mol. The van der Waals surface area contributed by atoms with Crippen molar-refractivity contribution in [3.8, 4) is 6.07 Å². The van der Waals surface area contributed by atoms with Crippen LogP contribution in [0.25, 0.3) is 0 Å². The van der Waals surface area contributed by atoms with E-state index in [9.17, 15) is 0 Å². The second-order valence-electron chi connectivity index (χ2n) is 3.69. The maximum Gasteiger partial charge on any atom is 0.123 e. The van der Waals surface area contributed by atoms with Crippen LogP contribution in [0.3, 0.4) is 0 Å². The predicted octanol–water partition coefficient (Wildman–Crippen LogP) is 2.76. The molecule has 0 aromatic rings. The van der Waals surface area contributed by atoms with E-state index in [1.807, 2.05) is 7.05 Å². The second-order valence-corrected chi connectivity index (χ2v) is 3.69. The van der Waals surface area contributed by atoms with Crippen molar-refractivity contribution in [2.24, 2.45) is 4.99 Å². The van der Waals surface area contributed by atoms with Crippen molar-refractivity contribution in [2.45, 2.75) is 45.4 Å². The molecule has 92 valence electrons. The Morgan fingerprint density at radius 2 is 2.12 bits per heavy atom. The number of hydroxylamine groups is 2. The molecule has 0 saturated heterocycles. The minimum absolute atomic E-state index is 0.609. The van der Waals surface area contributed by atoms with Crippen LogP contribution in [0.15, 0.2) is 4.99 Å². The molecule has 0 unspecified atom stereocenters. The van der Waals surface area contributed by atoms with Gasteiger partial charge in [0.15, 0.2) is 0 Å². The second kappa shape index (κ2) is 10.4. The van der Waals surface area contributed by atoms with Crippen LogP contribution in [0.2, 0.25) is 0 Å². The van der Waals surface area contributed by atoms with E-state index in [0.29, 0.717) is 13.0 Å². The Hall–Kier alpha value is -1.08. The monoisotopic (exact) mass is 225 g/mol. The summed E-state index contributed by atoms with van der Waals surface area (Å²) in [6.45, 7) is 2.82. The van der Waals surface area contributed by atoms with Gasteiger partial charge in [0.25, 0.3) is 0 Å². The van der Waals surface area contributed by atoms with Crippen molar-refractivity contribution in [2.75, 3.05) is 20.7 Å². The Labute approximate surface area is 98.9 Å².